The van der Waals surface area contributed by atoms with Crippen LogP contribution < -0.4 is 10.0 Å². The average molecular weight is 308 g/mol. The van der Waals surface area contributed by atoms with E-state index < -0.39 is 21.7 Å². The molecule has 0 aliphatic rings. The molecule has 0 atom stereocenters. The number of benzene rings is 2. The quantitative estimate of drug-likeness (QED) is 0.911. The summed E-state index contributed by atoms with van der Waals surface area (Å²) in [5, 5.41) is 2.58. The Hall–Kier alpha value is -2.41. The molecule has 7 heteroatoms. The third-order valence-corrected chi connectivity index (χ3v) is 3.17. The van der Waals surface area contributed by atoms with Crippen molar-refractivity contribution >= 4 is 27.3 Å². The zero-order chi connectivity index (χ0) is 15.5. The number of anilines is 2. The van der Waals surface area contributed by atoms with Crippen molar-refractivity contribution in [2.45, 2.75) is 0 Å². The first-order chi connectivity index (χ1) is 9.85. The van der Waals surface area contributed by atoms with Gasteiger partial charge in [0.15, 0.2) is 0 Å². The molecular formula is C14H13FN2O3S. The summed E-state index contributed by atoms with van der Waals surface area (Å²) in [6.07, 6.45) is 1.02. The van der Waals surface area contributed by atoms with E-state index in [1.54, 1.807) is 18.2 Å². The third-order valence-electron chi connectivity index (χ3n) is 2.58. The van der Waals surface area contributed by atoms with Crippen LogP contribution in [-0.2, 0) is 10.0 Å². The highest BCUT2D eigenvalue weighted by Crippen LogP contribution is 2.22. The number of hydrogen-bond acceptors (Lipinski definition) is 3. The molecule has 0 heterocycles. The molecule has 2 aromatic rings. The molecule has 0 fully saturated rings. The Labute approximate surface area is 121 Å². The van der Waals surface area contributed by atoms with Crippen LogP contribution >= 0.6 is 0 Å². The van der Waals surface area contributed by atoms with Crippen molar-refractivity contribution in [3.05, 3.63) is 59.9 Å². The van der Waals surface area contributed by atoms with E-state index in [2.05, 4.69) is 10.0 Å². The molecule has 0 aromatic heterocycles. The molecule has 1 amide bonds. The van der Waals surface area contributed by atoms with E-state index in [1.807, 2.05) is 0 Å². The Morgan fingerprint density at radius 3 is 2.14 bits per heavy atom. The Balaban J connectivity index is 2.23. The van der Waals surface area contributed by atoms with E-state index in [1.165, 1.54) is 30.3 Å². The van der Waals surface area contributed by atoms with Gasteiger partial charge in [0.2, 0.25) is 10.0 Å². The Morgan fingerprint density at radius 1 is 1.00 bits per heavy atom. The summed E-state index contributed by atoms with van der Waals surface area (Å²) in [5.41, 5.74) is 0.846. The van der Waals surface area contributed by atoms with Crippen molar-refractivity contribution in [2.75, 3.05) is 16.3 Å². The van der Waals surface area contributed by atoms with Crippen LogP contribution in [0.3, 0.4) is 0 Å². The van der Waals surface area contributed by atoms with Gasteiger partial charge >= 0.3 is 0 Å². The van der Waals surface area contributed by atoms with Gasteiger partial charge in [-0.2, -0.15) is 0 Å². The smallest absolute Gasteiger partial charge is 0.255 e. The molecule has 0 spiro atoms. The maximum atomic E-state index is 12.8. The lowest BCUT2D eigenvalue weighted by atomic mass is 10.2. The largest absolute Gasteiger partial charge is 0.320 e. The number of nitrogens with one attached hydrogen (secondary N) is 2. The SMILES string of the molecule is CS(=O)(=O)Nc1ccccc1NC(=O)c1ccc(F)cc1. The number of carbonyl (C=O) groups excluding carboxylic acids is 1. The monoisotopic (exact) mass is 308 g/mol. The van der Waals surface area contributed by atoms with Crippen molar-refractivity contribution in [1.82, 2.24) is 0 Å². The van der Waals surface area contributed by atoms with Gasteiger partial charge in [-0.3, -0.25) is 9.52 Å². The lowest BCUT2D eigenvalue weighted by Gasteiger charge is -2.11. The van der Waals surface area contributed by atoms with Crippen LogP contribution in [-0.4, -0.2) is 20.6 Å². The molecule has 0 unspecified atom stereocenters. The summed E-state index contributed by atoms with van der Waals surface area (Å²) in [4.78, 5) is 12.0. The molecule has 0 radical (unpaired) electrons. The van der Waals surface area contributed by atoms with Crippen LogP contribution in [0.1, 0.15) is 10.4 Å². The van der Waals surface area contributed by atoms with Gasteiger partial charge < -0.3 is 5.32 Å². The average Bonchev–Trinajstić information content (AvgIpc) is 2.40. The summed E-state index contributed by atoms with van der Waals surface area (Å²) in [5.74, 6) is -0.900. The number of halogens is 1. The minimum absolute atomic E-state index is 0.260. The van der Waals surface area contributed by atoms with Crippen LogP contribution in [0.2, 0.25) is 0 Å². The van der Waals surface area contributed by atoms with E-state index in [0.29, 0.717) is 5.69 Å². The maximum absolute atomic E-state index is 12.8. The number of hydrogen-bond donors (Lipinski definition) is 2. The molecule has 0 aliphatic heterocycles. The summed E-state index contributed by atoms with van der Waals surface area (Å²) >= 11 is 0. The number of para-hydroxylation sites is 2. The summed E-state index contributed by atoms with van der Waals surface area (Å²) < 4.78 is 37.7. The molecule has 5 nitrogen and oxygen atoms in total. The van der Waals surface area contributed by atoms with E-state index in [0.717, 1.165) is 6.26 Å². The van der Waals surface area contributed by atoms with Gasteiger partial charge in [-0.15, -0.1) is 0 Å². The first-order valence-corrected chi connectivity index (χ1v) is 7.88. The van der Waals surface area contributed by atoms with Gasteiger partial charge in [-0.05, 0) is 36.4 Å². The number of sulfonamides is 1. The molecule has 2 rings (SSSR count). The zero-order valence-electron chi connectivity index (χ0n) is 11.1. The van der Waals surface area contributed by atoms with E-state index in [4.69, 9.17) is 0 Å². The van der Waals surface area contributed by atoms with Crippen LogP contribution in [0.4, 0.5) is 15.8 Å². The summed E-state index contributed by atoms with van der Waals surface area (Å²) in [7, 11) is -3.46. The highest BCUT2D eigenvalue weighted by atomic mass is 32.2. The molecule has 0 bridgehead atoms. The molecule has 0 saturated heterocycles. The van der Waals surface area contributed by atoms with Crippen LogP contribution in [0.25, 0.3) is 0 Å². The fraction of sp³-hybridized carbons (Fsp3) is 0.0714. The van der Waals surface area contributed by atoms with Crippen molar-refractivity contribution in [3.63, 3.8) is 0 Å². The van der Waals surface area contributed by atoms with Gasteiger partial charge in [-0.25, -0.2) is 12.8 Å². The normalized spacial score (nSPS) is 11.0. The van der Waals surface area contributed by atoms with E-state index in [-0.39, 0.29) is 11.3 Å². The zero-order valence-corrected chi connectivity index (χ0v) is 11.9. The molecule has 2 N–H and O–H groups in total. The summed E-state index contributed by atoms with van der Waals surface area (Å²) in [6.45, 7) is 0. The molecule has 110 valence electrons. The Bertz CT molecular complexity index is 758. The highest BCUT2D eigenvalue weighted by molar-refractivity contribution is 7.92. The lowest BCUT2D eigenvalue weighted by molar-refractivity contribution is 0.102. The maximum Gasteiger partial charge on any atom is 0.255 e. The number of amides is 1. The van der Waals surface area contributed by atoms with Gasteiger partial charge in [-0.1, -0.05) is 12.1 Å². The molecular weight excluding hydrogens is 295 g/mol. The second kappa shape index (κ2) is 5.92. The van der Waals surface area contributed by atoms with Crippen LogP contribution in [0, 0.1) is 5.82 Å². The standard InChI is InChI=1S/C14H13FN2O3S/c1-21(19,20)17-13-5-3-2-4-12(13)16-14(18)10-6-8-11(15)9-7-10/h2-9,17H,1H3,(H,16,18). The predicted molar refractivity (Wildman–Crippen MR) is 79.3 cm³/mol. The van der Waals surface area contributed by atoms with Crippen LogP contribution in [0.5, 0.6) is 0 Å². The minimum Gasteiger partial charge on any atom is -0.320 e. The first kappa shape index (κ1) is 15.0. The second-order valence-electron chi connectivity index (χ2n) is 4.38. The molecule has 0 saturated carbocycles. The van der Waals surface area contributed by atoms with E-state index >= 15 is 0 Å². The van der Waals surface area contributed by atoms with Crippen molar-refractivity contribution in [1.29, 1.82) is 0 Å². The Morgan fingerprint density at radius 2 is 1.57 bits per heavy atom. The third kappa shape index (κ3) is 4.28. The molecule has 2 aromatic carbocycles. The topological polar surface area (TPSA) is 75.3 Å². The predicted octanol–water partition coefficient (Wildman–Crippen LogP) is 2.45. The van der Waals surface area contributed by atoms with Gasteiger partial charge in [0.05, 0.1) is 17.6 Å². The lowest BCUT2D eigenvalue weighted by Crippen LogP contribution is -2.16. The van der Waals surface area contributed by atoms with Gasteiger partial charge in [0.1, 0.15) is 5.82 Å². The fourth-order valence-electron chi connectivity index (χ4n) is 1.68. The van der Waals surface area contributed by atoms with Crippen molar-refractivity contribution in [2.24, 2.45) is 0 Å². The number of carbonyl (C=O) groups is 1. The van der Waals surface area contributed by atoms with Crippen molar-refractivity contribution < 1.29 is 17.6 Å². The molecule has 0 aliphatic carbocycles. The van der Waals surface area contributed by atoms with E-state index in [9.17, 15) is 17.6 Å². The molecule has 21 heavy (non-hydrogen) atoms. The first-order valence-electron chi connectivity index (χ1n) is 5.99. The van der Waals surface area contributed by atoms with Gasteiger partial charge in [0, 0.05) is 5.56 Å². The second-order valence-corrected chi connectivity index (χ2v) is 6.13. The Kier molecular flexibility index (Phi) is 4.23. The highest BCUT2D eigenvalue weighted by Gasteiger charge is 2.11. The number of rotatable bonds is 4. The van der Waals surface area contributed by atoms with Gasteiger partial charge in [0.25, 0.3) is 5.91 Å². The van der Waals surface area contributed by atoms with Crippen LogP contribution in [0.15, 0.2) is 48.5 Å². The van der Waals surface area contributed by atoms with Crippen molar-refractivity contribution in [3.8, 4) is 0 Å². The fourth-order valence-corrected chi connectivity index (χ4v) is 2.25. The summed E-state index contributed by atoms with van der Waals surface area (Å²) in [6, 6.07) is 11.4. The minimum atomic E-state index is -3.46.